The van der Waals surface area contributed by atoms with Gasteiger partial charge in [0.05, 0.1) is 6.20 Å². The normalized spacial score (nSPS) is 10.9. The van der Waals surface area contributed by atoms with Crippen LogP contribution in [0.25, 0.3) is 0 Å². The quantitative estimate of drug-likeness (QED) is 0.798. The number of hydrogen-bond donors (Lipinski definition) is 1. The third-order valence-electron chi connectivity index (χ3n) is 3.15. The minimum absolute atomic E-state index is 0.268. The molecule has 0 radical (unpaired) electrons. The molecule has 4 nitrogen and oxygen atoms in total. The van der Waals surface area contributed by atoms with Gasteiger partial charge in [-0.05, 0) is 31.2 Å². The lowest BCUT2D eigenvalue weighted by Crippen LogP contribution is -2.15. The molecule has 0 saturated carbocycles. The van der Waals surface area contributed by atoms with E-state index in [1.165, 1.54) is 12.1 Å². The zero-order chi connectivity index (χ0) is 15.2. The van der Waals surface area contributed by atoms with Crippen LogP contribution in [0.5, 0.6) is 5.75 Å². The van der Waals surface area contributed by atoms with Gasteiger partial charge in [0, 0.05) is 19.2 Å². The van der Waals surface area contributed by atoms with Crippen molar-refractivity contribution in [1.82, 2.24) is 14.9 Å². The molecule has 2 aromatic rings. The van der Waals surface area contributed by atoms with Gasteiger partial charge in [-0.2, -0.15) is 0 Å². The molecule has 0 fully saturated rings. The van der Waals surface area contributed by atoms with E-state index in [4.69, 9.17) is 16.3 Å². The van der Waals surface area contributed by atoms with Crippen molar-refractivity contribution in [2.24, 2.45) is 7.05 Å². The standard InChI is InChI=1S/C15H19ClFN3O/c1-3-6-18-8-11-7-12(17)4-5-13(11)21-10-15-19-9-14(16)20(15)2/h4-5,7,9,18H,3,6,8,10H2,1-2H3. The van der Waals surface area contributed by atoms with Gasteiger partial charge >= 0.3 is 0 Å². The summed E-state index contributed by atoms with van der Waals surface area (Å²) in [5.41, 5.74) is 0.795. The highest BCUT2D eigenvalue weighted by Gasteiger charge is 2.09. The van der Waals surface area contributed by atoms with Crippen LogP contribution < -0.4 is 10.1 Å². The molecule has 1 heterocycles. The fourth-order valence-electron chi connectivity index (χ4n) is 1.93. The van der Waals surface area contributed by atoms with Gasteiger partial charge in [-0.25, -0.2) is 9.37 Å². The number of aromatic nitrogens is 2. The Kier molecular flexibility index (Phi) is 5.59. The van der Waals surface area contributed by atoms with Gasteiger partial charge in [-0.3, -0.25) is 0 Å². The van der Waals surface area contributed by atoms with Crippen molar-refractivity contribution >= 4 is 11.6 Å². The summed E-state index contributed by atoms with van der Waals surface area (Å²) < 4.78 is 20.9. The van der Waals surface area contributed by atoms with Gasteiger partial charge in [-0.15, -0.1) is 0 Å². The number of rotatable bonds is 7. The summed E-state index contributed by atoms with van der Waals surface area (Å²) in [6.45, 7) is 3.82. The first kappa shape index (κ1) is 15.8. The lowest BCUT2D eigenvalue weighted by molar-refractivity contribution is 0.287. The van der Waals surface area contributed by atoms with Crippen LogP contribution in [0.15, 0.2) is 24.4 Å². The molecular formula is C15H19ClFN3O. The summed E-state index contributed by atoms with van der Waals surface area (Å²) in [6.07, 6.45) is 2.60. The Bertz CT molecular complexity index is 601. The van der Waals surface area contributed by atoms with Gasteiger partial charge in [0.25, 0.3) is 0 Å². The third-order valence-corrected chi connectivity index (χ3v) is 3.50. The summed E-state index contributed by atoms with van der Waals surface area (Å²) in [5.74, 6) is 1.10. The molecule has 1 N–H and O–H groups in total. The molecule has 6 heteroatoms. The largest absolute Gasteiger partial charge is 0.485 e. The molecule has 0 aliphatic carbocycles. The van der Waals surface area contributed by atoms with Crippen molar-refractivity contribution in [3.05, 3.63) is 46.8 Å². The van der Waals surface area contributed by atoms with Crippen LogP contribution in [0, 0.1) is 5.82 Å². The van der Waals surface area contributed by atoms with Crippen LogP contribution >= 0.6 is 11.6 Å². The van der Waals surface area contributed by atoms with Crippen molar-refractivity contribution in [2.75, 3.05) is 6.54 Å². The molecule has 114 valence electrons. The minimum Gasteiger partial charge on any atom is -0.485 e. The number of nitrogens with zero attached hydrogens (tertiary/aromatic N) is 2. The average Bonchev–Trinajstić information content (AvgIpc) is 2.78. The van der Waals surface area contributed by atoms with E-state index in [1.54, 1.807) is 16.8 Å². The van der Waals surface area contributed by atoms with E-state index in [-0.39, 0.29) is 12.4 Å². The highest BCUT2D eigenvalue weighted by Crippen LogP contribution is 2.21. The van der Waals surface area contributed by atoms with Gasteiger partial charge in [0.2, 0.25) is 0 Å². The summed E-state index contributed by atoms with van der Waals surface area (Å²) >= 11 is 5.93. The summed E-state index contributed by atoms with van der Waals surface area (Å²) in [5, 5.41) is 3.80. The molecule has 0 bridgehead atoms. The van der Waals surface area contributed by atoms with Crippen LogP contribution in [0.3, 0.4) is 0 Å². The van der Waals surface area contributed by atoms with E-state index < -0.39 is 0 Å². The van der Waals surface area contributed by atoms with E-state index in [2.05, 4.69) is 17.2 Å². The SMILES string of the molecule is CCCNCc1cc(F)ccc1OCc1ncc(Cl)n1C. The summed E-state index contributed by atoms with van der Waals surface area (Å²) in [6, 6.07) is 4.52. The highest BCUT2D eigenvalue weighted by atomic mass is 35.5. The first-order chi connectivity index (χ1) is 10.1. The molecule has 1 aromatic carbocycles. The number of ether oxygens (including phenoxy) is 1. The molecule has 0 saturated heterocycles. The topological polar surface area (TPSA) is 39.1 Å². The van der Waals surface area contributed by atoms with Gasteiger partial charge in [0.1, 0.15) is 29.2 Å². The maximum atomic E-state index is 13.4. The monoisotopic (exact) mass is 311 g/mol. The van der Waals surface area contributed by atoms with Crippen LogP contribution in [-0.4, -0.2) is 16.1 Å². The van der Waals surface area contributed by atoms with Crippen LogP contribution in [0.4, 0.5) is 4.39 Å². The van der Waals surface area contributed by atoms with Crippen LogP contribution in [0.1, 0.15) is 24.7 Å². The smallest absolute Gasteiger partial charge is 0.147 e. The maximum Gasteiger partial charge on any atom is 0.147 e. The highest BCUT2D eigenvalue weighted by molar-refractivity contribution is 6.29. The zero-order valence-electron chi connectivity index (χ0n) is 12.2. The number of hydrogen-bond acceptors (Lipinski definition) is 3. The Hall–Kier alpha value is -1.59. The molecule has 2 rings (SSSR count). The molecule has 0 aliphatic heterocycles. The Morgan fingerprint density at radius 3 is 2.90 bits per heavy atom. The second-order valence-corrected chi connectivity index (χ2v) is 5.16. The number of nitrogens with one attached hydrogen (secondary N) is 1. The van der Waals surface area contributed by atoms with Gasteiger partial charge in [-0.1, -0.05) is 18.5 Å². The maximum absolute atomic E-state index is 13.4. The first-order valence-electron chi connectivity index (χ1n) is 6.90. The second kappa shape index (κ2) is 7.43. The molecule has 0 unspecified atom stereocenters. The van der Waals surface area contributed by atoms with Crippen molar-refractivity contribution in [3.63, 3.8) is 0 Å². The number of halogens is 2. The lowest BCUT2D eigenvalue weighted by atomic mass is 10.2. The number of imidazole rings is 1. The first-order valence-corrected chi connectivity index (χ1v) is 7.27. The van der Waals surface area contributed by atoms with E-state index in [0.29, 0.717) is 17.4 Å². The zero-order valence-corrected chi connectivity index (χ0v) is 13.0. The van der Waals surface area contributed by atoms with Gasteiger partial charge in [0.15, 0.2) is 0 Å². The molecule has 0 aliphatic rings. The predicted molar refractivity (Wildman–Crippen MR) is 80.9 cm³/mol. The Labute approximate surface area is 128 Å². The molecule has 0 spiro atoms. The predicted octanol–water partition coefficient (Wildman–Crippen LogP) is 3.29. The van der Waals surface area contributed by atoms with Gasteiger partial charge < -0.3 is 14.6 Å². The average molecular weight is 312 g/mol. The van der Waals surface area contributed by atoms with Crippen molar-refractivity contribution in [1.29, 1.82) is 0 Å². The summed E-state index contributed by atoms with van der Waals surface area (Å²) in [4.78, 5) is 4.17. The Morgan fingerprint density at radius 2 is 2.24 bits per heavy atom. The van der Waals surface area contributed by atoms with Crippen LogP contribution in [0.2, 0.25) is 5.15 Å². The van der Waals surface area contributed by atoms with Crippen molar-refractivity contribution in [2.45, 2.75) is 26.5 Å². The van der Waals surface area contributed by atoms with Crippen molar-refractivity contribution < 1.29 is 9.13 Å². The summed E-state index contributed by atoms with van der Waals surface area (Å²) in [7, 11) is 1.82. The molecule has 21 heavy (non-hydrogen) atoms. The molecular weight excluding hydrogens is 293 g/mol. The molecule has 0 amide bonds. The fourth-order valence-corrected chi connectivity index (χ4v) is 2.07. The lowest BCUT2D eigenvalue weighted by Gasteiger charge is -2.12. The minimum atomic E-state index is -0.268. The fraction of sp³-hybridized carbons (Fsp3) is 0.400. The Morgan fingerprint density at radius 1 is 1.43 bits per heavy atom. The van der Waals surface area contributed by atoms with Crippen molar-refractivity contribution in [3.8, 4) is 5.75 Å². The van der Waals surface area contributed by atoms with E-state index in [9.17, 15) is 4.39 Å². The van der Waals surface area contributed by atoms with E-state index in [1.807, 2.05) is 7.05 Å². The molecule has 1 aromatic heterocycles. The molecule has 0 atom stereocenters. The second-order valence-electron chi connectivity index (χ2n) is 4.77. The third kappa shape index (κ3) is 4.19. The van der Waals surface area contributed by atoms with E-state index >= 15 is 0 Å². The Balaban J connectivity index is 2.06. The van der Waals surface area contributed by atoms with E-state index in [0.717, 1.165) is 24.4 Å². The van der Waals surface area contributed by atoms with Crippen LogP contribution in [-0.2, 0) is 20.2 Å². The number of benzene rings is 1.